The van der Waals surface area contributed by atoms with Crippen LogP contribution >= 0.6 is 11.6 Å². The average molecular weight is 295 g/mol. The molecule has 0 spiro atoms. The lowest BCUT2D eigenvalue weighted by atomic mass is 10.2. The first-order valence-electron chi connectivity index (χ1n) is 6.11. The normalized spacial score (nSPS) is 11.9. The van der Waals surface area contributed by atoms with Gasteiger partial charge >= 0.3 is 0 Å². The molecule has 2 aromatic rings. The van der Waals surface area contributed by atoms with E-state index >= 15 is 0 Å². The van der Waals surface area contributed by atoms with Gasteiger partial charge in [-0.05, 0) is 37.6 Å². The first kappa shape index (κ1) is 14.3. The van der Waals surface area contributed by atoms with Crippen molar-refractivity contribution in [1.82, 2.24) is 20.5 Å². The second kappa shape index (κ2) is 6.38. The molecule has 1 amide bonds. The van der Waals surface area contributed by atoms with Crippen molar-refractivity contribution in [2.24, 2.45) is 0 Å². The number of H-pyrrole nitrogens is 1. The van der Waals surface area contributed by atoms with Gasteiger partial charge in [0.1, 0.15) is 17.9 Å². The van der Waals surface area contributed by atoms with Crippen LogP contribution in [0.5, 0.6) is 5.75 Å². The quantitative estimate of drug-likeness (QED) is 0.882. The molecule has 0 aliphatic heterocycles. The van der Waals surface area contributed by atoms with Crippen LogP contribution in [-0.4, -0.2) is 27.2 Å². The second-order valence-electron chi connectivity index (χ2n) is 4.32. The summed E-state index contributed by atoms with van der Waals surface area (Å²) in [6.45, 7) is 3.84. The van der Waals surface area contributed by atoms with E-state index in [-0.39, 0.29) is 12.5 Å². The predicted octanol–water partition coefficient (Wildman–Crippen LogP) is 1.85. The lowest BCUT2D eigenvalue weighted by Gasteiger charge is -2.16. The van der Waals surface area contributed by atoms with E-state index in [2.05, 4.69) is 20.5 Å². The molecule has 7 heteroatoms. The topological polar surface area (TPSA) is 79.9 Å². The Balaban J connectivity index is 1.90. The molecule has 106 valence electrons. The van der Waals surface area contributed by atoms with Crippen molar-refractivity contribution in [1.29, 1.82) is 0 Å². The summed E-state index contributed by atoms with van der Waals surface area (Å²) in [5.74, 6) is 1.00. The van der Waals surface area contributed by atoms with Crippen LogP contribution in [0.4, 0.5) is 0 Å². The van der Waals surface area contributed by atoms with E-state index in [0.717, 1.165) is 5.56 Å². The van der Waals surface area contributed by atoms with Gasteiger partial charge in [-0.2, -0.15) is 5.10 Å². The molecule has 1 aromatic heterocycles. The number of carbonyl (C=O) groups excluding carboxylic acids is 1. The molecule has 0 saturated heterocycles. The van der Waals surface area contributed by atoms with Gasteiger partial charge in [-0.15, -0.1) is 0 Å². The Morgan fingerprint density at radius 3 is 3.00 bits per heavy atom. The third-order valence-corrected chi connectivity index (χ3v) is 2.94. The summed E-state index contributed by atoms with van der Waals surface area (Å²) < 4.78 is 5.61. The Morgan fingerprint density at radius 2 is 2.35 bits per heavy atom. The van der Waals surface area contributed by atoms with Crippen LogP contribution < -0.4 is 10.1 Å². The van der Waals surface area contributed by atoms with E-state index in [1.807, 2.05) is 6.92 Å². The molecule has 1 aromatic carbocycles. The van der Waals surface area contributed by atoms with Crippen LogP contribution in [-0.2, 0) is 11.3 Å². The summed E-state index contributed by atoms with van der Waals surface area (Å²) in [6, 6.07) is 5.26. The molecule has 1 unspecified atom stereocenters. The fourth-order valence-corrected chi connectivity index (χ4v) is 1.85. The number of amides is 1. The van der Waals surface area contributed by atoms with Crippen molar-refractivity contribution in [3.8, 4) is 5.75 Å². The number of aromatic amines is 1. The Hall–Kier alpha value is -2.08. The molecule has 20 heavy (non-hydrogen) atoms. The lowest BCUT2D eigenvalue weighted by Crippen LogP contribution is -2.36. The highest BCUT2D eigenvalue weighted by Crippen LogP contribution is 2.22. The lowest BCUT2D eigenvalue weighted by molar-refractivity contribution is -0.127. The Morgan fingerprint density at radius 1 is 1.55 bits per heavy atom. The smallest absolute Gasteiger partial charge is 0.261 e. The van der Waals surface area contributed by atoms with E-state index in [9.17, 15) is 4.79 Å². The fourth-order valence-electron chi connectivity index (χ4n) is 1.62. The summed E-state index contributed by atoms with van der Waals surface area (Å²) in [6.07, 6.45) is 0.774. The number of hydrogen-bond acceptors (Lipinski definition) is 4. The van der Waals surface area contributed by atoms with Crippen LogP contribution in [0.2, 0.25) is 5.02 Å². The van der Waals surface area contributed by atoms with E-state index < -0.39 is 6.10 Å². The predicted molar refractivity (Wildman–Crippen MR) is 74.5 cm³/mol. The van der Waals surface area contributed by atoms with Crippen molar-refractivity contribution in [3.05, 3.63) is 40.9 Å². The van der Waals surface area contributed by atoms with E-state index in [1.165, 1.54) is 6.33 Å². The summed E-state index contributed by atoms with van der Waals surface area (Å²) in [5, 5.41) is 9.72. The first-order valence-corrected chi connectivity index (χ1v) is 6.49. The molecule has 1 atom stereocenters. The number of ether oxygens (including phenoxy) is 1. The summed E-state index contributed by atoms with van der Waals surface area (Å²) in [4.78, 5) is 15.8. The average Bonchev–Trinajstić information content (AvgIpc) is 2.92. The number of rotatable bonds is 5. The highest BCUT2D eigenvalue weighted by atomic mass is 35.5. The minimum atomic E-state index is -0.613. The molecule has 1 heterocycles. The molecule has 6 nitrogen and oxygen atoms in total. The second-order valence-corrected chi connectivity index (χ2v) is 4.76. The summed E-state index contributed by atoms with van der Waals surface area (Å²) >= 11 is 5.87. The van der Waals surface area contributed by atoms with Gasteiger partial charge in [0.25, 0.3) is 5.91 Å². The van der Waals surface area contributed by atoms with Gasteiger partial charge in [-0.25, -0.2) is 4.98 Å². The molecule has 2 rings (SSSR count). The van der Waals surface area contributed by atoms with Crippen molar-refractivity contribution in [3.63, 3.8) is 0 Å². The minimum absolute atomic E-state index is 0.226. The number of benzene rings is 1. The monoisotopic (exact) mass is 294 g/mol. The zero-order chi connectivity index (χ0) is 14.5. The molecule has 0 aliphatic rings. The Bertz CT molecular complexity index is 586. The summed E-state index contributed by atoms with van der Waals surface area (Å²) in [5.41, 5.74) is 0.882. The molecular formula is C13H15ClN4O2. The van der Waals surface area contributed by atoms with E-state index in [4.69, 9.17) is 16.3 Å². The van der Waals surface area contributed by atoms with Crippen LogP contribution in [0.3, 0.4) is 0 Å². The standard InChI is InChI=1S/C13H15ClN4O2/c1-8-5-10(14)3-4-11(8)20-9(2)13(19)15-6-12-16-7-17-18-12/h3-5,7,9H,6H2,1-2H3,(H,15,19)(H,16,17,18). The van der Waals surface area contributed by atoms with Crippen molar-refractivity contribution >= 4 is 17.5 Å². The van der Waals surface area contributed by atoms with Crippen LogP contribution in [0, 0.1) is 6.92 Å². The van der Waals surface area contributed by atoms with Gasteiger partial charge in [0.2, 0.25) is 0 Å². The van der Waals surface area contributed by atoms with Gasteiger partial charge < -0.3 is 10.1 Å². The first-order chi connectivity index (χ1) is 9.56. The SMILES string of the molecule is Cc1cc(Cl)ccc1OC(C)C(=O)NCc1ncn[nH]1. The Kier molecular flexibility index (Phi) is 4.57. The number of carbonyl (C=O) groups is 1. The van der Waals surface area contributed by atoms with Crippen molar-refractivity contribution in [2.75, 3.05) is 0 Å². The maximum absolute atomic E-state index is 11.9. The van der Waals surface area contributed by atoms with Crippen molar-refractivity contribution in [2.45, 2.75) is 26.5 Å². The minimum Gasteiger partial charge on any atom is -0.481 e. The maximum Gasteiger partial charge on any atom is 0.261 e. The number of hydrogen-bond donors (Lipinski definition) is 2. The van der Waals surface area contributed by atoms with Crippen LogP contribution in [0.25, 0.3) is 0 Å². The largest absolute Gasteiger partial charge is 0.481 e. The number of aryl methyl sites for hydroxylation is 1. The molecule has 0 saturated carbocycles. The zero-order valence-electron chi connectivity index (χ0n) is 11.2. The van der Waals surface area contributed by atoms with E-state index in [1.54, 1.807) is 25.1 Å². The van der Waals surface area contributed by atoms with E-state index in [0.29, 0.717) is 16.6 Å². The third kappa shape index (κ3) is 3.71. The van der Waals surface area contributed by atoms with Gasteiger partial charge in [0.15, 0.2) is 6.10 Å². The number of nitrogens with one attached hydrogen (secondary N) is 2. The molecule has 0 aliphatic carbocycles. The van der Waals surface area contributed by atoms with Gasteiger partial charge in [0, 0.05) is 5.02 Å². The molecule has 0 radical (unpaired) electrons. The van der Waals surface area contributed by atoms with Crippen molar-refractivity contribution < 1.29 is 9.53 Å². The number of nitrogens with zero attached hydrogens (tertiary/aromatic N) is 2. The van der Waals surface area contributed by atoms with Crippen LogP contribution in [0.1, 0.15) is 18.3 Å². The third-order valence-electron chi connectivity index (χ3n) is 2.70. The highest BCUT2D eigenvalue weighted by Gasteiger charge is 2.15. The molecule has 0 bridgehead atoms. The van der Waals surface area contributed by atoms with Gasteiger partial charge in [0.05, 0.1) is 6.54 Å². The molecule has 2 N–H and O–H groups in total. The number of aromatic nitrogens is 3. The zero-order valence-corrected chi connectivity index (χ0v) is 11.9. The van der Waals surface area contributed by atoms with Crippen LogP contribution in [0.15, 0.2) is 24.5 Å². The summed E-state index contributed by atoms with van der Waals surface area (Å²) in [7, 11) is 0. The van der Waals surface area contributed by atoms with Gasteiger partial charge in [-0.1, -0.05) is 11.6 Å². The highest BCUT2D eigenvalue weighted by molar-refractivity contribution is 6.30. The Labute approximate surface area is 121 Å². The number of halogens is 1. The molecule has 0 fully saturated rings. The fraction of sp³-hybridized carbons (Fsp3) is 0.308. The molecular weight excluding hydrogens is 280 g/mol. The van der Waals surface area contributed by atoms with Gasteiger partial charge in [-0.3, -0.25) is 9.89 Å². The maximum atomic E-state index is 11.9.